The van der Waals surface area contributed by atoms with E-state index in [1.54, 1.807) is 0 Å². The third-order valence-corrected chi connectivity index (χ3v) is 2.25. The third kappa shape index (κ3) is 1.46. The molecule has 0 saturated carbocycles. The predicted octanol–water partition coefficient (Wildman–Crippen LogP) is 2.47. The highest BCUT2D eigenvalue weighted by Crippen LogP contribution is 2.30. The molecule has 0 spiro atoms. The quantitative estimate of drug-likeness (QED) is 0.702. The number of carbonyl (C=O) groups is 1. The number of aromatic nitrogens is 2. The number of imidazole rings is 1. The molecular weight excluding hydrogens is 221 g/mol. The lowest BCUT2D eigenvalue weighted by molar-refractivity contribution is -0.145. The van der Waals surface area contributed by atoms with Crippen LogP contribution in [0.15, 0.2) is 18.3 Å². The summed E-state index contributed by atoms with van der Waals surface area (Å²) in [7, 11) is 0. The minimum absolute atomic E-state index is 0.190. The molecule has 0 atom stereocenters. The number of nitrogens with zero attached hydrogens (tertiary/aromatic N) is 2. The van der Waals surface area contributed by atoms with Crippen molar-refractivity contribution >= 4 is 11.8 Å². The molecule has 0 amide bonds. The van der Waals surface area contributed by atoms with E-state index < -0.39 is 12.0 Å². The zero-order chi connectivity index (χ0) is 11.9. The first-order valence-electron chi connectivity index (χ1n) is 4.45. The average molecular weight is 228 g/mol. The van der Waals surface area contributed by atoms with E-state index in [4.69, 9.17) is 0 Å². The van der Waals surface area contributed by atoms with E-state index >= 15 is 0 Å². The van der Waals surface area contributed by atoms with E-state index in [-0.39, 0.29) is 16.8 Å². The number of hydrogen-bond acceptors (Lipinski definition) is 2. The minimum atomic E-state index is -4.53. The predicted molar refractivity (Wildman–Crippen MR) is 50.3 cm³/mol. The van der Waals surface area contributed by atoms with Crippen LogP contribution < -0.4 is 0 Å². The van der Waals surface area contributed by atoms with E-state index in [0.29, 0.717) is 6.29 Å². The molecule has 84 valence electrons. The average Bonchev–Trinajstić information content (AvgIpc) is 2.56. The first-order valence-corrected chi connectivity index (χ1v) is 4.45. The van der Waals surface area contributed by atoms with E-state index in [1.165, 1.54) is 25.3 Å². The second-order valence-corrected chi connectivity index (χ2v) is 3.32. The van der Waals surface area contributed by atoms with Crippen LogP contribution in [-0.4, -0.2) is 15.7 Å². The topological polar surface area (TPSA) is 34.4 Å². The van der Waals surface area contributed by atoms with Crippen LogP contribution in [0.3, 0.4) is 0 Å². The van der Waals surface area contributed by atoms with Gasteiger partial charge in [-0.25, -0.2) is 4.98 Å². The molecule has 0 aliphatic carbocycles. The van der Waals surface area contributed by atoms with Crippen LogP contribution in [0.5, 0.6) is 0 Å². The summed E-state index contributed by atoms with van der Waals surface area (Å²) in [5, 5.41) is 0. The molecule has 6 heteroatoms. The number of alkyl halides is 3. The molecule has 0 aliphatic heterocycles. The van der Waals surface area contributed by atoms with Crippen molar-refractivity contribution in [1.82, 2.24) is 9.38 Å². The van der Waals surface area contributed by atoms with Gasteiger partial charge < -0.3 is 0 Å². The van der Waals surface area contributed by atoms with Crippen LogP contribution in [0.2, 0.25) is 0 Å². The van der Waals surface area contributed by atoms with Gasteiger partial charge in [-0.05, 0) is 19.1 Å². The second kappa shape index (κ2) is 3.33. The van der Waals surface area contributed by atoms with E-state index in [9.17, 15) is 18.0 Å². The molecule has 0 radical (unpaired) electrons. The maximum absolute atomic E-state index is 12.6. The van der Waals surface area contributed by atoms with Crippen molar-refractivity contribution in [2.45, 2.75) is 13.1 Å². The van der Waals surface area contributed by atoms with Crippen molar-refractivity contribution < 1.29 is 18.0 Å². The van der Waals surface area contributed by atoms with Crippen molar-refractivity contribution in [2.75, 3.05) is 0 Å². The Kier molecular flexibility index (Phi) is 2.22. The van der Waals surface area contributed by atoms with Gasteiger partial charge in [0.1, 0.15) is 0 Å². The Morgan fingerprint density at radius 2 is 2.12 bits per heavy atom. The normalized spacial score (nSPS) is 12.0. The number of pyridine rings is 1. The van der Waals surface area contributed by atoms with Gasteiger partial charge in [0.15, 0.2) is 6.29 Å². The maximum atomic E-state index is 12.6. The lowest BCUT2D eigenvalue weighted by Gasteiger charge is -2.05. The van der Waals surface area contributed by atoms with Crippen molar-refractivity contribution in [2.24, 2.45) is 0 Å². The number of aryl methyl sites for hydroxylation is 1. The fourth-order valence-electron chi connectivity index (χ4n) is 1.65. The summed E-state index contributed by atoms with van der Waals surface area (Å²) in [5.41, 5.74) is 0.586. The van der Waals surface area contributed by atoms with Crippen molar-refractivity contribution in [1.29, 1.82) is 0 Å². The Balaban J connectivity index is 2.87. The zero-order valence-electron chi connectivity index (χ0n) is 8.25. The van der Waals surface area contributed by atoms with Gasteiger partial charge in [0.05, 0.1) is 11.2 Å². The van der Waals surface area contributed by atoms with E-state index in [1.807, 2.05) is 0 Å². The van der Waals surface area contributed by atoms with Gasteiger partial charge in [-0.2, -0.15) is 13.2 Å². The molecule has 3 nitrogen and oxygen atoms in total. The Labute approximate surface area is 88.5 Å². The summed E-state index contributed by atoms with van der Waals surface area (Å²) in [6, 6.07) is 2.84. The Hall–Kier alpha value is -1.85. The number of halogens is 3. The summed E-state index contributed by atoms with van der Waals surface area (Å²) < 4.78 is 38.7. The molecule has 0 aliphatic rings. The molecule has 16 heavy (non-hydrogen) atoms. The number of fused-ring (bicyclic) bond motifs is 1. The Bertz CT molecular complexity index is 557. The van der Waals surface area contributed by atoms with Crippen LogP contribution >= 0.6 is 0 Å². The molecule has 2 aromatic rings. The summed E-state index contributed by atoms with van der Waals surface area (Å²) >= 11 is 0. The highest BCUT2D eigenvalue weighted by Gasteiger charge is 2.36. The van der Waals surface area contributed by atoms with Gasteiger partial charge in [0.2, 0.25) is 5.82 Å². The van der Waals surface area contributed by atoms with E-state index in [2.05, 4.69) is 4.98 Å². The molecule has 0 unspecified atom stereocenters. The van der Waals surface area contributed by atoms with Crippen LogP contribution in [0.4, 0.5) is 13.2 Å². The summed E-state index contributed by atoms with van der Waals surface area (Å²) in [5.74, 6) is -1.01. The standard InChI is InChI=1S/C10H7F3N2O/c1-6-8-7(5-16)3-2-4-15(8)9(14-6)10(11,12)13/h2-5H,1H3. The Morgan fingerprint density at radius 3 is 2.69 bits per heavy atom. The highest BCUT2D eigenvalue weighted by atomic mass is 19.4. The smallest absolute Gasteiger partial charge is 0.298 e. The van der Waals surface area contributed by atoms with Gasteiger partial charge >= 0.3 is 6.18 Å². The highest BCUT2D eigenvalue weighted by molar-refractivity contribution is 5.87. The van der Waals surface area contributed by atoms with Crippen molar-refractivity contribution in [3.05, 3.63) is 35.4 Å². The lowest BCUT2D eigenvalue weighted by atomic mass is 10.2. The second-order valence-electron chi connectivity index (χ2n) is 3.32. The first-order chi connectivity index (χ1) is 7.45. The number of rotatable bonds is 1. The van der Waals surface area contributed by atoms with Crippen molar-refractivity contribution in [3.8, 4) is 0 Å². The van der Waals surface area contributed by atoms with Crippen LogP contribution in [0.1, 0.15) is 21.9 Å². The molecule has 2 heterocycles. The zero-order valence-corrected chi connectivity index (χ0v) is 8.25. The van der Waals surface area contributed by atoms with Gasteiger partial charge in [-0.3, -0.25) is 9.20 Å². The molecule has 0 bridgehead atoms. The molecule has 0 fully saturated rings. The fraction of sp³-hybridized carbons (Fsp3) is 0.200. The van der Waals surface area contributed by atoms with Gasteiger partial charge in [-0.15, -0.1) is 0 Å². The molecular formula is C10H7F3N2O. The maximum Gasteiger partial charge on any atom is 0.450 e. The van der Waals surface area contributed by atoms with Crippen molar-refractivity contribution in [3.63, 3.8) is 0 Å². The fourth-order valence-corrected chi connectivity index (χ4v) is 1.65. The molecule has 0 saturated heterocycles. The number of hydrogen-bond donors (Lipinski definition) is 0. The van der Waals surface area contributed by atoms with Crippen LogP contribution in [0.25, 0.3) is 5.52 Å². The largest absolute Gasteiger partial charge is 0.450 e. The third-order valence-electron chi connectivity index (χ3n) is 2.25. The molecule has 2 aromatic heterocycles. The van der Waals surface area contributed by atoms with Gasteiger partial charge in [0.25, 0.3) is 0 Å². The SMILES string of the molecule is Cc1nc(C(F)(F)F)n2cccc(C=O)c12. The van der Waals surface area contributed by atoms with Crippen LogP contribution in [0, 0.1) is 6.92 Å². The molecule has 0 N–H and O–H groups in total. The summed E-state index contributed by atoms with van der Waals surface area (Å²) in [4.78, 5) is 14.2. The lowest BCUT2D eigenvalue weighted by Crippen LogP contribution is -2.10. The number of aldehydes is 1. The summed E-state index contributed by atoms with van der Waals surface area (Å²) in [6.07, 6.45) is -2.77. The van der Waals surface area contributed by atoms with Crippen LogP contribution in [-0.2, 0) is 6.18 Å². The van der Waals surface area contributed by atoms with E-state index in [0.717, 1.165) is 4.40 Å². The summed E-state index contributed by atoms with van der Waals surface area (Å²) in [6.45, 7) is 1.44. The number of carbonyl (C=O) groups excluding carboxylic acids is 1. The Morgan fingerprint density at radius 1 is 1.44 bits per heavy atom. The molecule has 2 rings (SSSR count). The first kappa shape index (κ1) is 10.7. The monoisotopic (exact) mass is 228 g/mol. The minimum Gasteiger partial charge on any atom is -0.298 e. The van der Waals surface area contributed by atoms with Gasteiger partial charge in [0, 0.05) is 11.8 Å². The van der Waals surface area contributed by atoms with Gasteiger partial charge in [-0.1, -0.05) is 0 Å². The molecule has 0 aromatic carbocycles.